The van der Waals surface area contributed by atoms with Crippen molar-refractivity contribution in [2.24, 2.45) is 0 Å². The van der Waals surface area contributed by atoms with Gasteiger partial charge in [-0.1, -0.05) is 30.3 Å². The summed E-state index contributed by atoms with van der Waals surface area (Å²) in [5.74, 6) is 0.610. The first-order chi connectivity index (χ1) is 13.3. The lowest BCUT2D eigenvalue weighted by molar-refractivity contribution is 0.0963. The van der Waals surface area contributed by atoms with Crippen LogP contribution in [0.25, 0.3) is 0 Å². The monoisotopic (exact) mass is 361 g/mol. The largest absolute Gasteiger partial charge is 0.355 e. The van der Waals surface area contributed by atoms with Crippen LogP contribution < -0.4 is 10.2 Å². The van der Waals surface area contributed by atoms with E-state index < -0.39 is 0 Å². The smallest absolute Gasteiger partial charge is 0.254 e. The first-order valence-corrected chi connectivity index (χ1v) is 9.25. The Balaban J connectivity index is 1.50. The molecule has 3 heterocycles. The van der Waals surface area contributed by atoms with Crippen molar-refractivity contribution in [1.29, 1.82) is 0 Å². The quantitative estimate of drug-likeness (QED) is 0.758. The number of hydrogen-bond donors (Lipinski definition) is 1. The molecule has 138 valence electrons. The molecule has 1 aliphatic rings. The number of carbonyl (C=O) groups is 1. The summed E-state index contributed by atoms with van der Waals surface area (Å²) in [5.41, 5.74) is 4.30. The third-order valence-corrected chi connectivity index (χ3v) is 5.03. The van der Waals surface area contributed by atoms with Crippen LogP contribution in [0.4, 0.5) is 5.82 Å². The molecule has 1 aliphatic heterocycles. The SMILES string of the molecule is CNC(=O)c1cccnc1N1CCc2c(ncn2CCc2ccccc2)C1. The molecule has 6 heteroatoms. The number of pyridine rings is 1. The van der Waals surface area contributed by atoms with Crippen molar-refractivity contribution >= 4 is 11.7 Å². The van der Waals surface area contributed by atoms with Gasteiger partial charge in [0.05, 0.1) is 24.1 Å². The number of benzene rings is 1. The van der Waals surface area contributed by atoms with Gasteiger partial charge in [0.2, 0.25) is 0 Å². The highest BCUT2D eigenvalue weighted by atomic mass is 16.1. The van der Waals surface area contributed by atoms with E-state index in [2.05, 4.69) is 49.0 Å². The maximum absolute atomic E-state index is 12.1. The van der Waals surface area contributed by atoms with Crippen molar-refractivity contribution in [3.8, 4) is 0 Å². The minimum absolute atomic E-state index is 0.114. The van der Waals surface area contributed by atoms with E-state index in [1.807, 2.05) is 18.5 Å². The van der Waals surface area contributed by atoms with Crippen LogP contribution in [-0.2, 0) is 25.9 Å². The van der Waals surface area contributed by atoms with E-state index in [1.165, 1.54) is 11.3 Å². The van der Waals surface area contributed by atoms with Gasteiger partial charge in [-0.2, -0.15) is 0 Å². The number of amides is 1. The van der Waals surface area contributed by atoms with Crippen LogP contribution in [0.1, 0.15) is 27.3 Å². The van der Waals surface area contributed by atoms with E-state index in [9.17, 15) is 4.79 Å². The zero-order chi connectivity index (χ0) is 18.6. The van der Waals surface area contributed by atoms with E-state index >= 15 is 0 Å². The molecule has 1 aromatic carbocycles. The molecule has 0 saturated heterocycles. The molecule has 0 aliphatic carbocycles. The number of hydrogen-bond acceptors (Lipinski definition) is 4. The fourth-order valence-corrected chi connectivity index (χ4v) is 3.60. The molecule has 0 unspecified atom stereocenters. The molecule has 0 bridgehead atoms. The average molecular weight is 361 g/mol. The van der Waals surface area contributed by atoms with E-state index in [1.54, 1.807) is 19.3 Å². The van der Waals surface area contributed by atoms with Gasteiger partial charge >= 0.3 is 0 Å². The normalized spacial score (nSPS) is 13.3. The van der Waals surface area contributed by atoms with Crippen LogP contribution in [0.2, 0.25) is 0 Å². The van der Waals surface area contributed by atoms with Crippen LogP contribution in [0, 0.1) is 0 Å². The summed E-state index contributed by atoms with van der Waals surface area (Å²) in [4.78, 5) is 23.4. The summed E-state index contributed by atoms with van der Waals surface area (Å²) in [7, 11) is 1.64. The summed E-state index contributed by atoms with van der Waals surface area (Å²) in [6.07, 6.45) is 5.56. The van der Waals surface area contributed by atoms with Gasteiger partial charge in [-0.25, -0.2) is 9.97 Å². The number of nitrogens with zero attached hydrogens (tertiary/aromatic N) is 4. The minimum Gasteiger partial charge on any atom is -0.355 e. The van der Waals surface area contributed by atoms with Crippen molar-refractivity contribution in [2.75, 3.05) is 18.5 Å². The predicted octanol–water partition coefficient (Wildman–Crippen LogP) is 2.44. The summed E-state index contributed by atoms with van der Waals surface area (Å²) in [5, 5.41) is 2.69. The molecule has 0 atom stereocenters. The first kappa shape index (κ1) is 17.3. The molecule has 0 radical (unpaired) electrons. The van der Waals surface area contributed by atoms with E-state index in [4.69, 9.17) is 0 Å². The van der Waals surface area contributed by atoms with Crippen LogP contribution in [0.5, 0.6) is 0 Å². The second kappa shape index (κ2) is 7.61. The topological polar surface area (TPSA) is 63.1 Å². The molecule has 1 N–H and O–H groups in total. The number of aryl methyl sites for hydroxylation is 2. The molecule has 3 aromatic rings. The third kappa shape index (κ3) is 3.56. The number of anilines is 1. The number of carbonyl (C=O) groups excluding carboxylic acids is 1. The van der Waals surface area contributed by atoms with Crippen LogP contribution in [0.3, 0.4) is 0 Å². The fraction of sp³-hybridized carbons (Fsp3) is 0.286. The highest BCUT2D eigenvalue weighted by molar-refractivity contribution is 5.98. The van der Waals surface area contributed by atoms with Gasteiger partial charge in [0, 0.05) is 38.4 Å². The zero-order valence-corrected chi connectivity index (χ0v) is 15.4. The highest BCUT2D eigenvalue weighted by Gasteiger charge is 2.24. The number of aromatic nitrogens is 3. The second-order valence-electron chi connectivity index (χ2n) is 6.69. The molecule has 6 nitrogen and oxygen atoms in total. The van der Waals surface area contributed by atoms with Gasteiger partial charge in [-0.15, -0.1) is 0 Å². The Bertz CT molecular complexity index is 935. The number of rotatable bonds is 5. The van der Waals surface area contributed by atoms with Crippen LogP contribution in [0.15, 0.2) is 55.0 Å². The fourth-order valence-electron chi connectivity index (χ4n) is 3.60. The summed E-state index contributed by atoms with van der Waals surface area (Å²) in [6, 6.07) is 14.1. The Morgan fingerprint density at radius 2 is 2.00 bits per heavy atom. The molecule has 0 saturated carbocycles. The second-order valence-corrected chi connectivity index (χ2v) is 6.69. The van der Waals surface area contributed by atoms with Gasteiger partial charge in [0.15, 0.2) is 0 Å². The predicted molar refractivity (Wildman–Crippen MR) is 105 cm³/mol. The standard InChI is InChI=1S/C21H23N5O/c1-22-21(27)17-8-5-11-23-20(17)25-13-10-19-18(14-25)24-15-26(19)12-9-16-6-3-2-4-7-16/h2-8,11,15H,9-10,12-14H2,1H3,(H,22,27). The van der Waals surface area contributed by atoms with E-state index in [0.717, 1.165) is 37.4 Å². The van der Waals surface area contributed by atoms with Gasteiger partial charge in [0.25, 0.3) is 5.91 Å². The Morgan fingerprint density at radius 3 is 2.81 bits per heavy atom. The minimum atomic E-state index is -0.114. The van der Waals surface area contributed by atoms with Gasteiger partial charge in [-0.3, -0.25) is 4.79 Å². The Hall–Kier alpha value is -3.15. The molecule has 4 rings (SSSR count). The van der Waals surface area contributed by atoms with Crippen LogP contribution >= 0.6 is 0 Å². The van der Waals surface area contributed by atoms with Crippen molar-refractivity contribution in [2.45, 2.75) is 25.9 Å². The third-order valence-electron chi connectivity index (χ3n) is 5.03. The summed E-state index contributed by atoms with van der Waals surface area (Å²) in [6.45, 7) is 2.43. The number of nitrogens with one attached hydrogen (secondary N) is 1. The van der Waals surface area contributed by atoms with Crippen molar-refractivity contribution < 1.29 is 4.79 Å². The molecular weight excluding hydrogens is 338 g/mol. The molecule has 0 fully saturated rings. The van der Waals surface area contributed by atoms with E-state index in [-0.39, 0.29) is 5.91 Å². The van der Waals surface area contributed by atoms with Crippen LogP contribution in [-0.4, -0.2) is 34.0 Å². The molecule has 27 heavy (non-hydrogen) atoms. The Morgan fingerprint density at radius 1 is 1.15 bits per heavy atom. The zero-order valence-electron chi connectivity index (χ0n) is 15.4. The lowest BCUT2D eigenvalue weighted by Crippen LogP contribution is -2.34. The Kier molecular flexibility index (Phi) is 4.87. The van der Waals surface area contributed by atoms with Crippen molar-refractivity contribution in [1.82, 2.24) is 19.9 Å². The first-order valence-electron chi connectivity index (χ1n) is 9.25. The maximum Gasteiger partial charge on any atom is 0.254 e. The van der Waals surface area contributed by atoms with Crippen molar-refractivity contribution in [3.63, 3.8) is 0 Å². The van der Waals surface area contributed by atoms with Crippen molar-refractivity contribution in [3.05, 3.63) is 77.5 Å². The number of imidazole rings is 1. The highest BCUT2D eigenvalue weighted by Crippen LogP contribution is 2.25. The lowest BCUT2D eigenvalue weighted by Gasteiger charge is -2.29. The lowest BCUT2D eigenvalue weighted by atomic mass is 10.1. The Labute approximate surface area is 158 Å². The summed E-state index contributed by atoms with van der Waals surface area (Å²) >= 11 is 0. The molecule has 0 spiro atoms. The molecular formula is C21H23N5O. The molecule has 1 amide bonds. The van der Waals surface area contributed by atoms with Gasteiger partial charge in [-0.05, 0) is 24.1 Å². The average Bonchev–Trinajstić information content (AvgIpc) is 3.14. The molecule has 2 aromatic heterocycles. The van der Waals surface area contributed by atoms with Gasteiger partial charge < -0.3 is 14.8 Å². The van der Waals surface area contributed by atoms with Gasteiger partial charge in [0.1, 0.15) is 5.82 Å². The summed E-state index contributed by atoms with van der Waals surface area (Å²) < 4.78 is 2.26. The van der Waals surface area contributed by atoms with E-state index in [0.29, 0.717) is 12.1 Å². The maximum atomic E-state index is 12.1. The number of fused-ring (bicyclic) bond motifs is 1.